The van der Waals surface area contributed by atoms with E-state index in [1.54, 1.807) is 0 Å². The number of carbonyl (C=O) groups is 4. The van der Waals surface area contributed by atoms with E-state index in [-0.39, 0.29) is 42.3 Å². The first kappa shape index (κ1) is 23.8. The summed E-state index contributed by atoms with van der Waals surface area (Å²) in [4.78, 5) is 51.6. The average molecular weight is 472 g/mol. The van der Waals surface area contributed by atoms with E-state index in [1.807, 2.05) is 12.2 Å². The predicted molar refractivity (Wildman–Crippen MR) is 109 cm³/mol. The highest BCUT2D eigenvalue weighted by atomic mass is 35.5. The summed E-state index contributed by atoms with van der Waals surface area (Å²) in [6, 6.07) is 2.95. The van der Waals surface area contributed by atoms with Gasteiger partial charge in [-0.15, -0.1) is 0 Å². The van der Waals surface area contributed by atoms with E-state index in [1.165, 1.54) is 13.1 Å². The average Bonchev–Trinajstić information content (AvgIpc) is 2.97. The summed E-state index contributed by atoms with van der Waals surface area (Å²) in [7, 11) is 1.35. The summed E-state index contributed by atoms with van der Waals surface area (Å²) in [6.45, 7) is -0.499. The van der Waals surface area contributed by atoms with Crippen LogP contribution in [0.25, 0.3) is 0 Å². The Morgan fingerprint density at radius 3 is 2.31 bits per heavy atom. The molecule has 2 aliphatic rings. The highest BCUT2D eigenvalue weighted by molar-refractivity contribution is 6.31. The molecule has 172 valence electrons. The molecule has 1 aliphatic carbocycles. The standard InChI is InChI=1S/C21H21ClF3N3O4/c1-27(11-17(29)26-12-6-7-16(22)15(10-12)21(23,24)25)18(30)8-9-28-19(31)13-4-2-3-5-14(13)20(28)32/h2-3,6-7,10,13-14H,4-5,8-9,11H2,1H3,(H,26,29)/t13-,14+. The van der Waals surface area contributed by atoms with Gasteiger partial charge in [0.25, 0.3) is 0 Å². The molecule has 1 N–H and O–H groups in total. The number of fused-ring (bicyclic) bond motifs is 1. The van der Waals surface area contributed by atoms with Gasteiger partial charge in [-0.1, -0.05) is 23.8 Å². The smallest absolute Gasteiger partial charge is 0.336 e. The van der Waals surface area contributed by atoms with Gasteiger partial charge < -0.3 is 10.2 Å². The number of imide groups is 1. The number of likely N-dealkylation sites (tertiary alicyclic amines) is 1. The molecular formula is C21H21ClF3N3O4. The number of halogens is 4. The summed E-state index contributed by atoms with van der Waals surface area (Å²) in [5.41, 5.74) is -1.20. The predicted octanol–water partition coefficient (Wildman–Crippen LogP) is 3.10. The quantitative estimate of drug-likeness (QED) is 0.510. The number of benzene rings is 1. The number of amides is 4. The molecule has 1 aromatic rings. The monoisotopic (exact) mass is 471 g/mol. The number of likely N-dealkylation sites (N-methyl/N-ethyl adjacent to an activating group) is 1. The zero-order chi connectivity index (χ0) is 23.6. The van der Waals surface area contributed by atoms with Gasteiger partial charge in [-0.25, -0.2) is 0 Å². The molecule has 4 amide bonds. The van der Waals surface area contributed by atoms with Crippen LogP contribution >= 0.6 is 11.6 Å². The van der Waals surface area contributed by atoms with Gasteiger partial charge in [-0.3, -0.25) is 24.1 Å². The van der Waals surface area contributed by atoms with Gasteiger partial charge in [-0.2, -0.15) is 13.2 Å². The Hall–Kier alpha value is -2.88. The van der Waals surface area contributed by atoms with E-state index in [0.29, 0.717) is 18.9 Å². The lowest BCUT2D eigenvalue weighted by Crippen LogP contribution is -2.38. The van der Waals surface area contributed by atoms with Gasteiger partial charge in [0.2, 0.25) is 23.6 Å². The third-order valence-corrected chi connectivity index (χ3v) is 5.84. The first-order valence-electron chi connectivity index (χ1n) is 9.90. The van der Waals surface area contributed by atoms with Crippen LogP contribution in [0.3, 0.4) is 0 Å². The zero-order valence-corrected chi connectivity index (χ0v) is 17.9. The number of nitrogens with zero attached hydrogens (tertiary/aromatic N) is 2. The molecule has 1 aliphatic heterocycles. The number of hydrogen-bond acceptors (Lipinski definition) is 4. The third kappa shape index (κ3) is 5.12. The van der Waals surface area contributed by atoms with E-state index in [9.17, 15) is 32.3 Å². The minimum absolute atomic E-state index is 0.0818. The molecule has 0 unspecified atom stereocenters. The molecule has 2 atom stereocenters. The first-order valence-corrected chi connectivity index (χ1v) is 10.3. The Labute approximate surface area is 187 Å². The molecular weight excluding hydrogens is 451 g/mol. The van der Waals surface area contributed by atoms with Crippen molar-refractivity contribution in [1.82, 2.24) is 9.80 Å². The highest BCUT2D eigenvalue weighted by Gasteiger charge is 2.47. The fraction of sp³-hybridized carbons (Fsp3) is 0.429. The molecule has 0 bridgehead atoms. The van der Waals surface area contributed by atoms with Gasteiger partial charge in [0.15, 0.2) is 0 Å². The van der Waals surface area contributed by atoms with E-state index in [0.717, 1.165) is 15.9 Å². The summed E-state index contributed by atoms with van der Waals surface area (Å²) in [6.07, 6.45) is -0.103. The van der Waals surface area contributed by atoms with Crippen molar-refractivity contribution < 1.29 is 32.3 Å². The largest absolute Gasteiger partial charge is 0.417 e. The van der Waals surface area contributed by atoms with Crippen molar-refractivity contribution in [3.63, 3.8) is 0 Å². The topological polar surface area (TPSA) is 86.8 Å². The summed E-state index contributed by atoms with van der Waals surface area (Å²) in [5, 5.41) is 1.80. The van der Waals surface area contributed by atoms with Crippen LogP contribution in [0.1, 0.15) is 24.8 Å². The Morgan fingerprint density at radius 2 is 1.75 bits per heavy atom. The molecule has 1 aromatic carbocycles. The Kier molecular flexibility index (Phi) is 6.92. The molecule has 1 fully saturated rings. The van der Waals surface area contributed by atoms with Crippen LogP contribution in [0, 0.1) is 11.8 Å². The maximum absolute atomic E-state index is 12.9. The van der Waals surface area contributed by atoms with Crippen LogP contribution in [-0.2, 0) is 25.4 Å². The van der Waals surface area contributed by atoms with Crippen molar-refractivity contribution in [3.8, 4) is 0 Å². The molecule has 1 saturated heterocycles. The van der Waals surface area contributed by atoms with Gasteiger partial charge >= 0.3 is 6.18 Å². The normalized spacial score (nSPS) is 20.3. The molecule has 0 spiro atoms. The minimum Gasteiger partial charge on any atom is -0.336 e. The van der Waals surface area contributed by atoms with Crippen molar-refractivity contribution in [1.29, 1.82) is 0 Å². The molecule has 7 nitrogen and oxygen atoms in total. The van der Waals surface area contributed by atoms with Crippen molar-refractivity contribution in [2.75, 3.05) is 25.5 Å². The van der Waals surface area contributed by atoms with Gasteiger partial charge in [0.05, 0.1) is 29.0 Å². The summed E-state index contributed by atoms with van der Waals surface area (Å²) >= 11 is 5.55. The van der Waals surface area contributed by atoms with Crippen LogP contribution in [0.2, 0.25) is 5.02 Å². The Balaban J connectivity index is 1.52. The molecule has 1 heterocycles. The molecule has 0 radical (unpaired) electrons. The van der Waals surface area contributed by atoms with Crippen molar-refractivity contribution in [2.24, 2.45) is 11.8 Å². The van der Waals surface area contributed by atoms with E-state index in [2.05, 4.69) is 5.32 Å². The second-order valence-electron chi connectivity index (χ2n) is 7.72. The molecule has 3 rings (SSSR count). The second kappa shape index (κ2) is 9.32. The lowest BCUT2D eigenvalue weighted by atomic mass is 9.85. The lowest BCUT2D eigenvalue weighted by molar-refractivity contribution is -0.141. The fourth-order valence-electron chi connectivity index (χ4n) is 3.81. The summed E-state index contributed by atoms with van der Waals surface area (Å²) < 4.78 is 38.8. The van der Waals surface area contributed by atoms with Crippen LogP contribution in [0.5, 0.6) is 0 Å². The number of nitrogens with one attached hydrogen (secondary N) is 1. The SMILES string of the molecule is CN(CC(=O)Nc1ccc(Cl)c(C(F)(F)F)c1)C(=O)CCN1C(=O)[C@H]2CC=CC[C@H]2C1=O. The Morgan fingerprint density at radius 1 is 1.16 bits per heavy atom. The number of hydrogen-bond donors (Lipinski definition) is 1. The maximum Gasteiger partial charge on any atom is 0.417 e. The maximum atomic E-state index is 12.9. The zero-order valence-electron chi connectivity index (χ0n) is 17.1. The lowest BCUT2D eigenvalue weighted by Gasteiger charge is -2.19. The third-order valence-electron chi connectivity index (χ3n) is 5.51. The van der Waals surface area contributed by atoms with Crippen molar-refractivity contribution in [3.05, 3.63) is 40.9 Å². The van der Waals surface area contributed by atoms with E-state index in [4.69, 9.17) is 11.6 Å². The summed E-state index contributed by atoms with van der Waals surface area (Å²) in [5.74, 6) is -2.54. The molecule has 0 saturated carbocycles. The number of rotatable bonds is 6. The van der Waals surface area contributed by atoms with Crippen LogP contribution < -0.4 is 5.32 Å². The van der Waals surface area contributed by atoms with Crippen molar-refractivity contribution >= 4 is 40.9 Å². The van der Waals surface area contributed by atoms with Gasteiger partial charge in [0, 0.05) is 25.7 Å². The van der Waals surface area contributed by atoms with Crippen LogP contribution in [-0.4, -0.2) is 53.6 Å². The van der Waals surface area contributed by atoms with Crippen LogP contribution in [0.15, 0.2) is 30.4 Å². The van der Waals surface area contributed by atoms with Crippen molar-refractivity contribution in [2.45, 2.75) is 25.4 Å². The Bertz CT molecular complexity index is 954. The molecule has 11 heteroatoms. The number of carbonyl (C=O) groups excluding carboxylic acids is 4. The molecule has 0 aromatic heterocycles. The highest BCUT2D eigenvalue weighted by Crippen LogP contribution is 2.36. The fourth-order valence-corrected chi connectivity index (χ4v) is 4.04. The van der Waals surface area contributed by atoms with E-state index < -0.39 is 35.1 Å². The molecule has 32 heavy (non-hydrogen) atoms. The van der Waals surface area contributed by atoms with Gasteiger partial charge in [0.1, 0.15) is 0 Å². The van der Waals surface area contributed by atoms with Gasteiger partial charge in [-0.05, 0) is 31.0 Å². The number of allylic oxidation sites excluding steroid dienone is 2. The van der Waals surface area contributed by atoms with E-state index >= 15 is 0 Å². The minimum atomic E-state index is -4.68. The number of anilines is 1. The van der Waals surface area contributed by atoms with Crippen LogP contribution in [0.4, 0.5) is 18.9 Å². The second-order valence-corrected chi connectivity index (χ2v) is 8.13. The number of alkyl halides is 3. The first-order chi connectivity index (χ1) is 15.0.